The minimum atomic E-state index is 0.0588. The van der Waals surface area contributed by atoms with Gasteiger partial charge in [-0.1, -0.05) is 13.0 Å². The van der Waals surface area contributed by atoms with Gasteiger partial charge in [-0.15, -0.1) is 0 Å². The Morgan fingerprint density at radius 2 is 2.33 bits per heavy atom. The maximum absolute atomic E-state index is 7.58. The zero-order valence-corrected chi connectivity index (χ0v) is 11.1. The molecule has 0 bridgehead atoms. The number of hydrogen-bond acceptors (Lipinski definition) is 3. The van der Waals surface area contributed by atoms with E-state index in [4.69, 9.17) is 15.9 Å². The van der Waals surface area contributed by atoms with Gasteiger partial charge in [-0.3, -0.25) is 10.3 Å². The Labute approximate surface area is 108 Å². The van der Waals surface area contributed by atoms with Crippen LogP contribution in [0.2, 0.25) is 0 Å². The third kappa shape index (κ3) is 2.82. The Morgan fingerprint density at radius 3 is 2.89 bits per heavy atom. The predicted octanol–water partition coefficient (Wildman–Crippen LogP) is 1.82. The first-order chi connectivity index (χ1) is 8.60. The lowest BCUT2D eigenvalue weighted by atomic mass is 10.1. The summed E-state index contributed by atoms with van der Waals surface area (Å²) in [6.45, 7) is 5.52. The van der Waals surface area contributed by atoms with Crippen LogP contribution in [0.15, 0.2) is 18.2 Å². The molecule has 0 amide bonds. The van der Waals surface area contributed by atoms with E-state index in [2.05, 4.69) is 11.8 Å². The lowest BCUT2D eigenvalue weighted by Gasteiger charge is -2.16. The first-order valence-electron chi connectivity index (χ1n) is 6.34. The zero-order valence-electron chi connectivity index (χ0n) is 11.1. The van der Waals surface area contributed by atoms with Gasteiger partial charge < -0.3 is 10.5 Å². The van der Waals surface area contributed by atoms with Crippen molar-refractivity contribution in [2.45, 2.75) is 19.9 Å². The fraction of sp³-hybridized carbons (Fsp3) is 0.500. The van der Waals surface area contributed by atoms with E-state index in [1.807, 2.05) is 18.2 Å². The van der Waals surface area contributed by atoms with Gasteiger partial charge in [0, 0.05) is 13.1 Å². The van der Waals surface area contributed by atoms with Crippen molar-refractivity contribution < 1.29 is 4.74 Å². The van der Waals surface area contributed by atoms with Gasteiger partial charge in [-0.05, 0) is 36.6 Å². The maximum Gasteiger partial charge on any atom is 0.129 e. The van der Waals surface area contributed by atoms with E-state index in [0.29, 0.717) is 11.3 Å². The highest BCUT2D eigenvalue weighted by Crippen LogP contribution is 2.22. The maximum atomic E-state index is 7.58. The highest BCUT2D eigenvalue weighted by atomic mass is 16.5. The fourth-order valence-corrected chi connectivity index (χ4v) is 2.49. The second kappa shape index (κ2) is 5.40. The quantitative estimate of drug-likeness (QED) is 0.630. The summed E-state index contributed by atoms with van der Waals surface area (Å²) in [6.07, 6.45) is 1.27. The molecule has 2 rings (SSSR count). The number of nitrogens with one attached hydrogen (secondary N) is 1. The van der Waals surface area contributed by atoms with Crippen LogP contribution in [0.1, 0.15) is 24.5 Å². The van der Waals surface area contributed by atoms with Crippen LogP contribution in [0, 0.1) is 11.3 Å². The van der Waals surface area contributed by atoms with Gasteiger partial charge in [0.05, 0.1) is 12.7 Å². The molecule has 1 unspecified atom stereocenters. The molecule has 1 atom stereocenters. The number of amidine groups is 1. The Bertz CT molecular complexity index is 445. The van der Waals surface area contributed by atoms with E-state index in [9.17, 15) is 0 Å². The second-order valence-corrected chi connectivity index (χ2v) is 5.08. The van der Waals surface area contributed by atoms with Gasteiger partial charge in [0.1, 0.15) is 11.6 Å². The number of benzene rings is 1. The van der Waals surface area contributed by atoms with Crippen LogP contribution in [0.4, 0.5) is 0 Å². The molecular weight excluding hydrogens is 226 g/mol. The minimum Gasteiger partial charge on any atom is -0.496 e. The standard InChI is InChI=1S/C14H21N3O/c1-10-5-6-17(8-10)9-11-3-4-13(18-2)12(7-11)14(15)16/h3-4,7,10H,5-6,8-9H2,1-2H3,(H3,15,16). The smallest absolute Gasteiger partial charge is 0.129 e. The van der Waals surface area contributed by atoms with E-state index >= 15 is 0 Å². The molecule has 0 radical (unpaired) electrons. The van der Waals surface area contributed by atoms with Crippen LogP contribution < -0.4 is 10.5 Å². The number of ether oxygens (including phenoxy) is 1. The van der Waals surface area contributed by atoms with Crippen molar-refractivity contribution in [3.8, 4) is 5.75 Å². The van der Waals surface area contributed by atoms with Gasteiger partial charge in [0.2, 0.25) is 0 Å². The van der Waals surface area contributed by atoms with Crippen molar-refractivity contribution in [2.75, 3.05) is 20.2 Å². The Hall–Kier alpha value is -1.55. The van der Waals surface area contributed by atoms with Gasteiger partial charge in [0.15, 0.2) is 0 Å². The predicted molar refractivity (Wildman–Crippen MR) is 73.1 cm³/mol. The molecule has 1 aromatic rings. The number of rotatable bonds is 4. The monoisotopic (exact) mass is 247 g/mol. The van der Waals surface area contributed by atoms with E-state index in [0.717, 1.165) is 25.6 Å². The van der Waals surface area contributed by atoms with E-state index in [-0.39, 0.29) is 5.84 Å². The topological polar surface area (TPSA) is 62.3 Å². The first-order valence-corrected chi connectivity index (χ1v) is 6.34. The average molecular weight is 247 g/mol. The molecule has 1 aromatic carbocycles. The summed E-state index contributed by atoms with van der Waals surface area (Å²) in [7, 11) is 1.60. The minimum absolute atomic E-state index is 0.0588. The third-order valence-corrected chi connectivity index (χ3v) is 3.47. The third-order valence-electron chi connectivity index (χ3n) is 3.47. The summed E-state index contributed by atoms with van der Waals surface area (Å²) in [4.78, 5) is 2.44. The van der Waals surface area contributed by atoms with Crippen LogP contribution in [0.25, 0.3) is 0 Å². The molecule has 1 fully saturated rings. The first kappa shape index (κ1) is 12.9. The van der Waals surface area contributed by atoms with E-state index in [1.54, 1.807) is 7.11 Å². The molecule has 0 aliphatic carbocycles. The summed E-state index contributed by atoms with van der Waals surface area (Å²) in [6, 6.07) is 5.91. The molecule has 1 aliphatic rings. The van der Waals surface area contributed by atoms with Crippen molar-refractivity contribution in [3.05, 3.63) is 29.3 Å². The van der Waals surface area contributed by atoms with Crippen molar-refractivity contribution in [1.29, 1.82) is 5.41 Å². The largest absolute Gasteiger partial charge is 0.496 e. The van der Waals surface area contributed by atoms with Gasteiger partial charge in [-0.25, -0.2) is 0 Å². The number of nitrogen functional groups attached to an aromatic ring is 1. The Morgan fingerprint density at radius 1 is 1.56 bits per heavy atom. The number of methoxy groups -OCH3 is 1. The van der Waals surface area contributed by atoms with Gasteiger partial charge >= 0.3 is 0 Å². The van der Waals surface area contributed by atoms with Crippen LogP contribution in [-0.2, 0) is 6.54 Å². The zero-order chi connectivity index (χ0) is 13.1. The molecule has 0 spiro atoms. The Balaban J connectivity index is 2.14. The summed E-state index contributed by atoms with van der Waals surface area (Å²) in [5.74, 6) is 1.51. The normalized spacial score (nSPS) is 20.0. The van der Waals surface area contributed by atoms with Crippen molar-refractivity contribution in [3.63, 3.8) is 0 Å². The molecule has 4 nitrogen and oxygen atoms in total. The fourth-order valence-electron chi connectivity index (χ4n) is 2.49. The average Bonchev–Trinajstić information content (AvgIpc) is 2.74. The lowest BCUT2D eigenvalue weighted by molar-refractivity contribution is 0.320. The highest BCUT2D eigenvalue weighted by molar-refractivity contribution is 5.97. The van der Waals surface area contributed by atoms with Crippen molar-refractivity contribution in [2.24, 2.45) is 11.7 Å². The number of nitrogens with two attached hydrogens (primary N) is 1. The molecule has 0 saturated carbocycles. The summed E-state index contributed by atoms with van der Waals surface area (Å²) >= 11 is 0. The van der Waals surface area contributed by atoms with Gasteiger partial charge in [0.25, 0.3) is 0 Å². The summed E-state index contributed by atoms with van der Waals surface area (Å²) in [5.41, 5.74) is 7.45. The molecule has 3 N–H and O–H groups in total. The Kier molecular flexibility index (Phi) is 3.87. The molecule has 1 aliphatic heterocycles. The molecule has 1 saturated heterocycles. The second-order valence-electron chi connectivity index (χ2n) is 5.08. The molecular formula is C14H21N3O. The number of nitrogens with zero attached hydrogens (tertiary/aromatic N) is 1. The SMILES string of the molecule is COc1ccc(CN2CCC(C)C2)cc1C(=N)N. The van der Waals surface area contributed by atoms with Crippen LogP contribution in [-0.4, -0.2) is 30.9 Å². The van der Waals surface area contributed by atoms with Crippen LogP contribution in [0.3, 0.4) is 0 Å². The van der Waals surface area contributed by atoms with Crippen molar-refractivity contribution >= 4 is 5.84 Å². The lowest BCUT2D eigenvalue weighted by Crippen LogP contribution is -2.20. The van der Waals surface area contributed by atoms with E-state index in [1.165, 1.54) is 12.0 Å². The van der Waals surface area contributed by atoms with Gasteiger partial charge in [-0.2, -0.15) is 0 Å². The summed E-state index contributed by atoms with van der Waals surface area (Å²) in [5, 5.41) is 7.58. The van der Waals surface area contributed by atoms with E-state index < -0.39 is 0 Å². The number of likely N-dealkylation sites (tertiary alicyclic amines) is 1. The molecule has 0 aromatic heterocycles. The summed E-state index contributed by atoms with van der Waals surface area (Å²) < 4.78 is 5.21. The van der Waals surface area contributed by atoms with Crippen LogP contribution in [0.5, 0.6) is 5.75 Å². The molecule has 1 heterocycles. The highest BCUT2D eigenvalue weighted by Gasteiger charge is 2.19. The van der Waals surface area contributed by atoms with Crippen LogP contribution >= 0.6 is 0 Å². The van der Waals surface area contributed by atoms with Crippen molar-refractivity contribution in [1.82, 2.24) is 4.90 Å². The number of hydrogen-bond donors (Lipinski definition) is 2. The molecule has 98 valence electrons. The molecule has 18 heavy (non-hydrogen) atoms. The molecule has 4 heteroatoms.